The highest BCUT2D eigenvalue weighted by Crippen LogP contribution is 2.16. The molecule has 1 aromatic heterocycles. The Bertz CT molecular complexity index is 1100. The molecule has 1 amide bonds. The van der Waals surface area contributed by atoms with Crippen molar-refractivity contribution in [2.45, 2.75) is 11.8 Å². The fourth-order valence-corrected chi connectivity index (χ4v) is 4.10. The lowest BCUT2D eigenvalue weighted by atomic mass is 10.3. The third-order valence-electron chi connectivity index (χ3n) is 3.46. The first kappa shape index (κ1) is 17.2. The van der Waals surface area contributed by atoms with E-state index in [2.05, 4.69) is 15.2 Å². The molecule has 0 saturated heterocycles. The molecule has 0 aliphatic carbocycles. The average molecular weight is 376 g/mol. The molecule has 0 radical (unpaired) electrons. The first-order valence-electron chi connectivity index (χ1n) is 7.34. The lowest BCUT2D eigenvalue weighted by Gasteiger charge is -2.05. The molecule has 0 spiro atoms. The number of benzene rings is 2. The van der Waals surface area contributed by atoms with E-state index < -0.39 is 10.0 Å². The number of aryl methyl sites for hydroxylation is 1. The van der Waals surface area contributed by atoms with Crippen molar-refractivity contribution in [2.24, 2.45) is 12.1 Å². The number of carbonyl (C=O) groups is 1. The van der Waals surface area contributed by atoms with Gasteiger partial charge in [0.05, 0.1) is 15.1 Å². The summed E-state index contributed by atoms with van der Waals surface area (Å²) in [5, 5.41) is 6.62. The van der Waals surface area contributed by atoms with Crippen LogP contribution in [-0.4, -0.2) is 18.9 Å². The summed E-state index contributed by atoms with van der Waals surface area (Å²) in [6.45, 7) is 1.39. The minimum absolute atomic E-state index is 0.0640. The number of nitrogens with zero attached hydrogens (tertiary/aromatic N) is 2. The number of anilines is 1. The Balaban J connectivity index is 1.88. The molecule has 2 aromatic carbocycles. The maximum absolute atomic E-state index is 12.4. The van der Waals surface area contributed by atoms with Crippen molar-refractivity contribution >= 4 is 43.2 Å². The van der Waals surface area contributed by atoms with Crippen LogP contribution in [0.4, 0.5) is 5.69 Å². The summed E-state index contributed by atoms with van der Waals surface area (Å²) in [4.78, 5) is 13.9. The summed E-state index contributed by atoms with van der Waals surface area (Å²) in [5.74, 6) is -0.221. The number of sulfonamides is 1. The number of aromatic nitrogens is 1. The van der Waals surface area contributed by atoms with Crippen molar-refractivity contribution in [3.63, 3.8) is 0 Å². The van der Waals surface area contributed by atoms with Crippen LogP contribution in [-0.2, 0) is 21.9 Å². The zero-order valence-electron chi connectivity index (χ0n) is 13.6. The molecule has 0 aliphatic rings. The molecule has 2 N–H and O–H groups in total. The summed E-state index contributed by atoms with van der Waals surface area (Å²) in [6, 6.07) is 13.6. The topological polar surface area (TPSA) is 92.6 Å². The van der Waals surface area contributed by atoms with Crippen molar-refractivity contribution in [3.8, 4) is 0 Å². The van der Waals surface area contributed by atoms with Crippen LogP contribution in [0.25, 0.3) is 10.2 Å². The number of hydrogen-bond acceptors (Lipinski definition) is 5. The summed E-state index contributed by atoms with van der Waals surface area (Å²) in [5.41, 5.74) is 1.50. The predicted molar refractivity (Wildman–Crippen MR) is 97.4 cm³/mol. The first-order chi connectivity index (χ1) is 11.9. The minimum Gasteiger partial charge on any atom is -0.326 e. The van der Waals surface area contributed by atoms with E-state index in [9.17, 15) is 13.2 Å². The predicted octanol–water partition coefficient (Wildman–Crippen LogP) is 1.99. The molecule has 1 heterocycles. The molecule has 7 nitrogen and oxygen atoms in total. The third kappa shape index (κ3) is 3.72. The fraction of sp³-hybridized carbons (Fsp3) is 0.125. The average Bonchev–Trinajstić information content (AvgIpc) is 2.90. The molecular formula is C16H16N4O3S2. The van der Waals surface area contributed by atoms with Crippen molar-refractivity contribution in [1.29, 1.82) is 0 Å². The van der Waals surface area contributed by atoms with Crippen molar-refractivity contribution < 1.29 is 13.2 Å². The first-order valence-corrected chi connectivity index (χ1v) is 9.64. The number of amides is 1. The molecule has 130 valence electrons. The van der Waals surface area contributed by atoms with Crippen LogP contribution in [0.1, 0.15) is 6.92 Å². The van der Waals surface area contributed by atoms with Gasteiger partial charge in [0.15, 0.2) is 0 Å². The second-order valence-corrected chi connectivity index (χ2v) is 7.99. The summed E-state index contributed by atoms with van der Waals surface area (Å²) in [6.07, 6.45) is 0. The minimum atomic E-state index is -3.79. The van der Waals surface area contributed by atoms with E-state index in [0.29, 0.717) is 10.5 Å². The van der Waals surface area contributed by atoms with E-state index >= 15 is 0 Å². The molecule has 0 unspecified atom stereocenters. The molecule has 0 aliphatic heterocycles. The summed E-state index contributed by atoms with van der Waals surface area (Å²) < 4.78 is 27.6. The highest BCUT2D eigenvalue weighted by Gasteiger charge is 2.13. The molecule has 3 aromatic rings. The summed E-state index contributed by atoms with van der Waals surface area (Å²) >= 11 is 1.39. The van der Waals surface area contributed by atoms with Crippen LogP contribution < -0.4 is 14.9 Å². The maximum Gasteiger partial charge on any atom is 0.276 e. The van der Waals surface area contributed by atoms with E-state index in [1.807, 2.05) is 35.9 Å². The van der Waals surface area contributed by atoms with Gasteiger partial charge in [-0.05, 0) is 36.4 Å². The second kappa shape index (κ2) is 6.69. The van der Waals surface area contributed by atoms with Gasteiger partial charge in [-0.1, -0.05) is 23.5 Å². The van der Waals surface area contributed by atoms with E-state index in [1.54, 1.807) is 0 Å². The van der Waals surface area contributed by atoms with Crippen LogP contribution in [0.15, 0.2) is 58.5 Å². The number of fused-ring (bicyclic) bond motifs is 1. The van der Waals surface area contributed by atoms with Crippen LogP contribution >= 0.6 is 11.3 Å². The lowest BCUT2D eigenvalue weighted by Crippen LogP contribution is -2.23. The van der Waals surface area contributed by atoms with Crippen LogP contribution in [0.5, 0.6) is 0 Å². The number of nitrogens with one attached hydrogen (secondary N) is 2. The SMILES string of the molecule is CC(=O)Nc1ccc(S(=O)(=O)NN=c2sc3ccccc3n2C)cc1. The van der Waals surface area contributed by atoms with E-state index in [-0.39, 0.29) is 10.8 Å². The van der Waals surface area contributed by atoms with Crippen LogP contribution in [0.3, 0.4) is 0 Å². The number of hydrogen-bond donors (Lipinski definition) is 2. The molecule has 0 saturated carbocycles. The molecule has 25 heavy (non-hydrogen) atoms. The van der Waals surface area contributed by atoms with E-state index in [4.69, 9.17) is 0 Å². The van der Waals surface area contributed by atoms with Gasteiger partial charge < -0.3 is 9.88 Å². The van der Waals surface area contributed by atoms with Crippen molar-refractivity contribution in [1.82, 2.24) is 9.40 Å². The molecule has 0 bridgehead atoms. The molecular weight excluding hydrogens is 360 g/mol. The molecule has 0 atom stereocenters. The number of thiazole rings is 1. The van der Waals surface area contributed by atoms with Gasteiger partial charge in [0, 0.05) is 19.7 Å². The van der Waals surface area contributed by atoms with Crippen molar-refractivity contribution in [2.75, 3.05) is 5.32 Å². The van der Waals surface area contributed by atoms with Gasteiger partial charge in [-0.25, -0.2) is 0 Å². The van der Waals surface area contributed by atoms with Gasteiger partial charge in [0.2, 0.25) is 10.7 Å². The summed E-state index contributed by atoms with van der Waals surface area (Å²) in [7, 11) is -1.97. The maximum atomic E-state index is 12.4. The smallest absolute Gasteiger partial charge is 0.276 e. The number of carbonyl (C=O) groups excluding carboxylic acids is 1. The zero-order valence-corrected chi connectivity index (χ0v) is 15.2. The number of para-hydroxylation sites is 1. The van der Waals surface area contributed by atoms with Gasteiger partial charge in [0.25, 0.3) is 10.0 Å². The van der Waals surface area contributed by atoms with Gasteiger partial charge in [-0.2, -0.15) is 13.2 Å². The third-order valence-corrected chi connectivity index (χ3v) is 5.80. The Kier molecular flexibility index (Phi) is 4.60. The molecule has 3 rings (SSSR count). The van der Waals surface area contributed by atoms with Gasteiger partial charge >= 0.3 is 0 Å². The Hall–Kier alpha value is -2.65. The van der Waals surface area contributed by atoms with Crippen molar-refractivity contribution in [3.05, 3.63) is 53.3 Å². The Morgan fingerprint density at radius 2 is 1.80 bits per heavy atom. The van der Waals surface area contributed by atoms with E-state index in [0.717, 1.165) is 10.2 Å². The Labute approximate surface area is 148 Å². The second-order valence-electron chi connectivity index (χ2n) is 5.32. The monoisotopic (exact) mass is 376 g/mol. The Morgan fingerprint density at radius 3 is 2.44 bits per heavy atom. The van der Waals surface area contributed by atoms with Gasteiger partial charge in [-0.3, -0.25) is 4.79 Å². The van der Waals surface area contributed by atoms with E-state index in [1.165, 1.54) is 42.5 Å². The number of rotatable bonds is 4. The fourth-order valence-electron chi connectivity index (χ4n) is 2.26. The van der Waals surface area contributed by atoms with Gasteiger partial charge in [-0.15, -0.1) is 5.10 Å². The Morgan fingerprint density at radius 1 is 1.12 bits per heavy atom. The quantitative estimate of drug-likeness (QED) is 0.682. The molecule has 9 heteroatoms. The van der Waals surface area contributed by atoms with Gasteiger partial charge in [0.1, 0.15) is 0 Å². The lowest BCUT2D eigenvalue weighted by molar-refractivity contribution is -0.114. The highest BCUT2D eigenvalue weighted by atomic mass is 32.2. The zero-order chi connectivity index (χ0) is 18.0. The van der Waals surface area contributed by atoms with Crippen LogP contribution in [0, 0.1) is 0 Å². The largest absolute Gasteiger partial charge is 0.326 e. The molecule has 0 fully saturated rings. The normalized spacial score (nSPS) is 12.3. The standard InChI is InChI=1S/C16H16N4O3S2/c1-11(21)17-12-7-9-13(10-8-12)25(22,23)19-18-16-20(2)14-5-3-4-6-15(14)24-16/h3-10,19H,1-2H3,(H,17,21). The van der Waals surface area contributed by atoms with Crippen LogP contribution in [0.2, 0.25) is 0 Å². The highest BCUT2D eigenvalue weighted by molar-refractivity contribution is 7.89.